The summed E-state index contributed by atoms with van der Waals surface area (Å²) in [4.78, 5) is 0. The molecular weight excluding hydrogens is 214 g/mol. The molecule has 1 saturated carbocycles. The molecule has 0 bridgehead atoms. The second-order valence-electron chi connectivity index (χ2n) is 5.31. The number of rotatable bonds is 1. The molecule has 3 nitrogen and oxygen atoms in total. The molecule has 0 radical (unpaired) electrons. The van der Waals surface area contributed by atoms with Crippen LogP contribution in [-0.4, -0.2) is 17.8 Å². The molecule has 1 heterocycles. The van der Waals surface area contributed by atoms with Crippen molar-refractivity contribution in [1.29, 1.82) is 0 Å². The van der Waals surface area contributed by atoms with Crippen molar-refractivity contribution in [3.63, 3.8) is 0 Å². The minimum atomic E-state index is -0.253. The topological polar surface area (TPSA) is 55.5 Å². The molecule has 92 valence electrons. The van der Waals surface area contributed by atoms with E-state index >= 15 is 0 Å². The van der Waals surface area contributed by atoms with Crippen LogP contribution in [0.1, 0.15) is 36.8 Å². The fourth-order valence-electron chi connectivity index (χ4n) is 2.90. The highest BCUT2D eigenvalue weighted by Gasteiger charge is 2.33. The first-order valence-corrected chi connectivity index (χ1v) is 6.40. The fraction of sp³-hybridized carbons (Fsp3) is 0.571. The molecule has 1 aliphatic heterocycles. The molecule has 0 amide bonds. The van der Waals surface area contributed by atoms with Gasteiger partial charge < -0.3 is 15.6 Å². The number of benzene rings is 1. The minimum Gasteiger partial charge on any atom is -0.493 e. The Hall–Kier alpha value is -1.06. The van der Waals surface area contributed by atoms with E-state index in [4.69, 9.17) is 10.5 Å². The van der Waals surface area contributed by atoms with Gasteiger partial charge in [0.1, 0.15) is 5.75 Å². The summed E-state index contributed by atoms with van der Waals surface area (Å²) in [5.41, 5.74) is 8.71. The van der Waals surface area contributed by atoms with Gasteiger partial charge in [0.2, 0.25) is 0 Å². The van der Waals surface area contributed by atoms with Crippen LogP contribution in [0.3, 0.4) is 0 Å². The van der Waals surface area contributed by atoms with Crippen molar-refractivity contribution in [1.82, 2.24) is 0 Å². The quantitative estimate of drug-likeness (QED) is 0.776. The molecule has 1 aromatic rings. The Morgan fingerprint density at radius 3 is 2.82 bits per heavy atom. The van der Waals surface area contributed by atoms with E-state index < -0.39 is 0 Å². The van der Waals surface area contributed by atoms with Crippen molar-refractivity contribution < 1.29 is 9.84 Å². The largest absolute Gasteiger partial charge is 0.493 e. The third-order valence-corrected chi connectivity index (χ3v) is 4.11. The minimum absolute atomic E-state index is 0.163. The standard InChI is InChI=1S/C14H19NO2/c15-14(6-3-12(16)4-7-14)11-1-2-13-10(9-11)5-8-17-13/h1-2,9,12,16H,3-8,15H2. The summed E-state index contributed by atoms with van der Waals surface area (Å²) in [7, 11) is 0. The molecule has 3 rings (SSSR count). The van der Waals surface area contributed by atoms with Crippen molar-refractivity contribution in [2.45, 2.75) is 43.7 Å². The Balaban J connectivity index is 1.88. The number of aliphatic hydroxyl groups is 1. The van der Waals surface area contributed by atoms with Gasteiger partial charge in [0.05, 0.1) is 12.7 Å². The van der Waals surface area contributed by atoms with E-state index in [0.29, 0.717) is 0 Å². The fourth-order valence-corrected chi connectivity index (χ4v) is 2.90. The molecule has 0 unspecified atom stereocenters. The number of nitrogens with two attached hydrogens (primary N) is 1. The van der Waals surface area contributed by atoms with E-state index in [2.05, 4.69) is 12.1 Å². The van der Waals surface area contributed by atoms with Crippen LogP contribution >= 0.6 is 0 Å². The van der Waals surface area contributed by atoms with Crippen molar-refractivity contribution in [3.05, 3.63) is 29.3 Å². The van der Waals surface area contributed by atoms with Crippen LogP contribution in [0.15, 0.2) is 18.2 Å². The van der Waals surface area contributed by atoms with Crippen LogP contribution in [0.25, 0.3) is 0 Å². The molecule has 3 N–H and O–H groups in total. The molecule has 2 aliphatic rings. The summed E-state index contributed by atoms with van der Waals surface area (Å²) in [5, 5.41) is 9.57. The molecule has 1 aliphatic carbocycles. The molecular formula is C14H19NO2. The van der Waals surface area contributed by atoms with E-state index in [1.54, 1.807) is 0 Å². The maximum atomic E-state index is 9.57. The van der Waals surface area contributed by atoms with E-state index in [0.717, 1.165) is 44.5 Å². The highest BCUT2D eigenvalue weighted by Crippen LogP contribution is 2.37. The summed E-state index contributed by atoms with van der Waals surface area (Å²) in [6, 6.07) is 6.32. The van der Waals surface area contributed by atoms with Gasteiger partial charge in [-0.05, 0) is 42.9 Å². The van der Waals surface area contributed by atoms with Gasteiger partial charge in [0, 0.05) is 12.0 Å². The highest BCUT2D eigenvalue weighted by molar-refractivity contribution is 5.42. The number of aliphatic hydroxyl groups excluding tert-OH is 1. The lowest BCUT2D eigenvalue weighted by atomic mass is 9.76. The first-order chi connectivity index (χ1) is 8.17. The first-order valence-electron chi connectivity index (χ1n) is 6.40. The van der Waals surface area contributed by atoms with Gasteiger partial charge in [-0.2, -0.15) is 0 Å². The Labute approximate surface area is 102 Å². The zero-order chi connectivity index (χ0) is 11.9. The van der Waals surface area contributed by atoms with Crippen molar-refractivity contribution in [3.8, 4) is 5.75 Å². The molecule has 0 spiro atoms. The second kappa shape index (κ2) is 4.00. The maximum absolute atomic E-state index is 9.57. The summed E-state index contributed by atoms with van der Waals surface area (Å²) in [6.07, 6.45) is 4.18. The average molecular weight is 233 g/mol. The SMILES string of the molecule is NC1(c2ccc3c(c2)CCO3)CCC(O)CC1. The van der Waals surface area contributed by atoms with E-state index in [-0.39, 0.29) is 11.6 Å². The zero-order valence-corrected chi connectivity index (χ0v) is 9.98. The van der Waals surface area contributed by atoms with Gasteiger partial charge in [-0.3, -0.25) is 0 Å². The monoisotopic (exact) mass is 233 g/mol. The van der Waals surface area contributed by atoms with Crippen LogP contribution in [0.5, 0.6) is 5.75 Å². The van der Waals surface area contributed by atoms with Crippen LogP contribution in [0, 0.1) is 0 Å². The second-order valence-corrected chi connectivity index (χ2v) is 5.31. The first kappa shape index (κ1) is 11.1. The van der Waals surface area contributed by atoms with Gasteiger partial charge in [0.15, 0.2) is 0 Å². The number of hydrogen-bond donors (Lipinski definition) is 2. The summed E-state index contributed by atoms with van der Waals surface area (Å²) in [6.45, 7) is 0.787. The Morgan fingerprint density at radius 1 is 1.29 bits per heavy atom. The number of hydrogen-bond acceptors (Lipinski definition) is 3. The van der Waals surface area contributed by atoms with Crippen LogP contribution in [0.4, 0.5) is 0 Å². The normalized spacial score (nSPS) is 32.0. The molecule has 17 heavy (non-hydrogen) atoms. The molecule has 0 aromatic heterocycles. The van der Waals surface area contributed by atoms with Gasteiger partial charge in [0.25, 0.3) is 0 Å². The lowest BCUT2D eigenvalue weighted by Crippen LogP contribution is -2.41. The molecule has 1 aromatic carbocycles. The van der Waals surface area contributed by atoms with E-state index in [1.807, 2.05) is 6.07 Å². The summed E-state index contributed by atoms with van der Waals surface area (Å²) >= 11 is 0. The van der Waals surface area contributed by atoms with E-state index in [1.165, 1.54) is 11.1 Å². The average Bonchev–Trinajstić information content (AvgIpc) is 2.80. The van der Waals surface area contributed by atoms with Crippen molar-refractivity contribution in [2.75, 3.05) is 6.61 Å². The predicted molar refractivity (Wildman–Crippen MR) is 66.0 cm³/mol. The van der Waals surface area contributed by atoms with Gasteiger partial charge in [-0.15, -0.1) is 0 Å². The predicted octanol–water partition coefficient (Wildman–Crippen LogP) is 1.71. The Kier molecular flexibility index (Phi) is 2.60. The molecule has 3 heteroatoms. The number of ether oxygens (including phenoxy) is 1. The van der Waals surface area contributed by atoms with Gasteiger partial charge >= 0.3 is 0 Å². The molecule has 0 saturated heterocycles. The summed E-state index contributed by atoms with van der Waals surface area (Å²) in [5.74, 6) is 1.01. The third-order valence-electron chi connectivity index (χ3n) is 4.11. The Bertz CT molecular complexity index is 422. The lowest BCUT2D eigenvalue weighted by Gasteiger charge is -2.36. The molecule has 0 atom stereocenters. The number of fused-ring (bicyclic) bond motifs is 1. The maximum Gasteiger partial charge on any atom is 0.122 e. The zero-order valence-electron chi connectivity index (χ0n) is 9.98. The van der Waals surface area contributed by atoms with E-state index in [9.17, 15) is 5.11 Å². The van der Waals surface area contributed by atoms with Crippen LogP contribution in [0.2, 0.25) is 0 Å². The highest BCUT2D eigenvalue weighted by atomic mass is 16.5. The van der Waals surface area contributed by atoms with Crippen LogP contribution in [-0.2, 0) is 12.0 Å². The summed E-state index contributed by atoms with van der Waals surface area (Å²) < 4.78 is 5.51. The molecule has 1 fully saturated rings. The van der Waals surface area contributed by atoms with Crippen LogP contribution < -0.4 is 10.5 Å². The van der Waals surface area contributed by atoms with Crippen molar-refractivity contribution in [2.24, 2.45) is 5.73 Å². The smallest absolute Gasteiger partial charge is 0.122 e. The Morgan fingerprint density at radius 2 is 2.06 bits per heavy atom. The third kappa shape index (κ3) is 1.94. The van der Waals surface area contributed by atoms with Gasteiger partial charge in [-0.25, -0.2) is 0 Å². The van der Waals surface area contributed by atoms with Crippen molar-refractivity contribution >= 4 is 0 Å². The van der Waals surface area contributed by atoms with Gasteiger partial charge in [-0.1, -0.05) is 12.1 Å². The lowest BCUT2D eigenvalue weighted by molar-refractivity contribution is 0.0969.